The molecule has 26 heavy (non-hydrogen) atoms. The molecule has 0 saturated carbocycles. The highest BCUT2D eigenvalue weighted by Gasteiger charge is 2.28. The maximum absolute atomic E-state index is 12.7. The van der Waals surface area contributed by atoms with Crippen LogP contribution in [0.3, 0.4) is 0 Å². The van der Waals surface area contributed by atoms with Crippen LogP contribution in [0, 0.1) is 0 Å². The van der Waals surface area contributed by atoms with Crippen molar-refractivity contribution in [3.8, 4) is 5.75 Å². The van der Waals surface area contributed by atoms with Gasteiger partial charge in [0.1, 0.15) is 12.4 Å². The molecule has 2 aromatic carbocycles. The minimum absolute atomic E-state index is 0.00206. The fourth-order valence-corrected chi connectivity index (χ4v) is 4.43. The van der Waals surface area contributed by atoms with Crippen LogP contribution in [0.5, 0.6) is 5.75 Å². The second-order valence-corrected chi connectivity index (χ2v) is 8.15. The molecule has 6 nitrogen and oxygen atoms in total. The number of ether oxygens (including phenoxy) is 1. The molecular formula is C19H24N2O4S. The molecule has 1 heterocycles. The van der Waals surface area contributed by atoms with Gasteiger partial charge in [0.2, 0.25) is 10.0 Å². The molecule has 3 rings (SSSR count). The van der Waals surface area contributed by atoms with Crippen LogP contribution in [-0.4, -0.2) is 62.1 Å². The van der Waals surface area contributed by atoms with Crippen LogP contribution in [-0.2, 0) is 16.6 Å². The van der Waals surface area contributed by atoms with Gasteiger partial charge in [-0.1, -0.05) is 30.3 Å². The normalized spacial score (nSPS) is 16.5. The first kappa shape index (κ1) is 18.8. The van der Waals surface area contributed by atoms with Crippen LogP contribution in [0.1, 0.15) is 5.56 Å². The first-order chi connectivity index (χ1) is 12.6. The Morgan fingerprint density at radius 1 is 0.923 bits per heavy atom. The van der Waals surface area contributed by atoms with Gasteiger partial charge in [-0.2, -0.15) is 4.31 Å². The second-order valence-electron chi connectivity index (χ2n) is 6.21. The van der Waals surface area contributed by atoms with Gasteiger partial charge in [-0.25, -0.2) is 8.42 Å². The average Bonchev–Trinajstić information content (AvgIpc) is 2.68. The van der Waals surface area contributed by atoms with E-state index in [4.69, 9.17) is 9.84 Å². The van der Waals surface area contributed by atoms with Gasteiger partial charge in [-0.05, 0) is 29.8 Å². The van der Waals surface area contributed by atoms with Gasteiger partial charge < -0.3 is 9.84 Å². The summed E-state index contributed by atoms with van der Waals surface area (Å²) in [5.41, 5.74) is 1.15. The summed E-state index contributed by atoms with van der Waals surface area (Å²) in [6.07, 6.45) is 0. The zero-order valence-electron chi connectivity index (χ0n) is 14.6. The maximum Gasteiger partial charge on any atom is 0.243 e. The van der Waals surface area contributed by atoms with Crippen LogP contribution in [0.4, 0.5) is 0 Å². The quantitative estimate of drug-likeness (QED) is 0.794. The van der Waals surface area contributed by atoms with Crippen molar-refractivity contribution in [2.75, 3.05) is 39.4 Å². The third-order valence-electron chi connectivity index (χ3n) is 4.40. The summed E-state index contributed by atoms with van der Waals surface area (Å²) < 4.78 is 32.2. The lowest BCUT2D eigenvalue weighted by Crippen LogP contribution is -2.48. The number of aliphatic hydroxyl groups is 1. The molecule has 0 amide bonds. The third kappa shape index (κ3) is 4.62. The number of piperazine rings is 1. The maximum atomic E-state index is 12.7. The molecule has 0 radical (unpaired) electrons. The molecule has 1 aliphatic heterocycles. The first-order valence-electron chi connectivity index (χ1n) is 8.70. The minimum Gasteiger partial charge on any atom is -0.491 e. The minimum atomic E-state index is -3.40. The fraction of sp³-hybridized carbons (Fsp3) is 0.368. The van der Waals surface area contributed by atoms with Crippen molar-refractivity contribution in [2.24, 2.45) is 0 Å². The molecule has 0 aromatic heterocycles. The van der Waals surface area contributed by atoms with Crippen LogP contribution in [0.25, 0.3) is 0 Å². The van der Waals surface area contributed by atoms with E-state index in [2.05, 4.69) is 4.90 Å². The number of hydrogen-bond donors (Lipinski definition) is 1. The van der Waals surface area contributed by atoms with E-state index < -0.39 is 10.0 Å². The predicted octanol–water partition coefficient (Wildman–Crippen LogP) is 1.56. The van der Waals surface area contributed by atoms with E-state index in [0.29, 0.717) is 31.1 Å². The standard InChI is InChI=1S/C19H24N2O4S/c22-14-15-25-18-8-6-17(7-9-18)16-20-10-12-21(13-11-20)26(23,24)19-4-2-1-3-5-19/h1-9,22H,10-16H2. The number of nitrogens with zero attached hydrogens (tertiary/aromatic N) is 2. The molecule has 0 aliphatic carbocycles. The van der Waals surface area contributed by atoms with Crippen LogP contribution in [0.2, 0.25) is 0 Å². The van der Waals surface area contributed by atoms with Crippen molar-refractivity contribution >= 4 is 10.0 Å². The highest BCUT2D eigenvalue weighted by molar-refractivity contribution is 7.89. The summed E-state index contributed by atoms with van der Waals surface area (Å²) in [5, 5.41) is 8.77. The Balaban J connectivity index is 1.54. The summed E-state index contributed by atoms with van der Waals surface area (Å²) in [5.74, 6) is 0.738. The van der Waals surface area contributed by atoms with E-state index in [9.17, 15) is 8.42 Å². The largest absolute Gasteiger partial charge is 0.491 e. The fourth-order valence-electron chi connectivity index (χ4n) is 2.98. The monoisotopic (exact) mass is 376 g/mol. The lowest BCUT2D eigenvalue weighted by molar-refractivity contribution is 0.181. The van der Waals surface area contributed by atoms with Gasteiger partial charge in [0, 0.05) is 32.7 Å². The third-order valence-corrected chi connectivity index (χ3v) is 6.31. The molecule has 0 spiro atoms. The van der Waals surface area contributed by atoms with E-state index in [1.54, 1.807) is 28.6 Å². The Morgan fingerprint density at radius 2 is 1.58 bits per heavy atom. The number of hydrogen-bond acceptors (Lipinski definition) is 5. The molecule has 1 aliphatic rings. The Bertz CT molecular complexity index is 786. The Kier molecular flexibility index (Phi) is 6.26. The van der Waals surface area contributed by atoms with Crippen molar-refractivity contribution in [2.45, 2.75) is 11.4 Å². The number of aliphatic hydroxyl groups excluding tert-OH is 1. The Hall–Kier alpha value is -1.93. The lowest BCUT2D eigenvalue weighted by atomic mass is 10.2. The summed E-state index contributed by atoms with van der Waals surface area (Å²) in [6, 6.07) is 16.4. The summed E-state index contributed by atoms with van der Waals surface area (Å²) in [6.45, 7) is 3.46. The van der Waals surface area contributed by atoms with Gasteiger partial charge in [0.25, 0.3) is 0 Å². The average molecular weight is 376 g/mol. The molecule has 7 heteroatoms. The summed E-state index contributed by atoms with van der Waals surface area (Å²) in [7, 11) is -3.40. The molecule has 0 bridgehead atoms. The summed E-state index contributed by atoms with van der Waals surface area (Å²) >= 11 is 0. The van der Waals surface area contributed by atoms with Crippen molar-refractivity contribution < 1.29 is 18.3 Å². The van der Waals surface area contributed by atoms with E-state index in [1.165, 1.54) is 0 Å². The van der Waals surface area contributed by atoms with Gasteiger partial charge in [-0.15, -0.1) is 0 Å². The number of rotatable bonds is 7. The van der Waals surface area contributed by atoms with E-state index >= 15 is 0 Å². The highest BCUT2D eigenvalue weighted by atomic mass is 32.2. The predicted molar refractivity (Wildman–Crippen MR) is 99.5 cm³/mol. The van der Waals surface area contributed by atoms with Crippen molar-refractivity contribution in [3.05, 3.63) is 60.2 Å². The number of sulfonamides is 1. The SMILES string of the molecule is O=S(=O)(c1ccccc1)N1CCN(Cc2ccc(OCCO)cc2)CC1. The first-order valence-corrected chi connectivity index (χ1v) is 10.1. The molecule has 0 unspecified atom stereocenters. The highest BCUT2D eigenvalue weighted by Crippen LogP contribution is 2.19. The van der Waals surface area contributed by atoms with Gasteiger partial charge in [-0.3, -0.25) is 4.90 Å². The Labute approximate surface area is 154 Å². The molecule has 140 valence electrons. The van der Waals surface area contributed by atoms with Gasteiger partial charge in [0.05, 0.1) is 11.5 Å². The summed E-state index contributed by atoms with van der Waals surface area (Å²) in [4.78, 5) is 2.60. The molecular weight excluding hydrogens is 352 g/mol. The molecule has 1 N–H and O–H groups in total. The zero-order chi connectivity index (χ0) is 18.4. The lowest BCUT2D eigenvalue weighted by Gasteiger charge is -2.34. The molecule has 2 aromatic rings. The molecule has 1 fully saturated rings. The van der Waals surface area contributed by atoms with E-state index in [0.717, 1.165) is 17.9 Å². The van der Waals surface area contributed by atoms with Crippen molar-refractivity contribution in [1.29, 1.82) is 0 Å². The van der Waals surface area contributed by atoms with Crippen molar-refractivity contribution in [3.63, 3.8) is 0 Å². The van der Waals surface area contributed by atoms with Crippen LogP contribution < -0.4 is 4.74 Å². The van der Waals surface area contributed by atoms with Crippen molar-refractivity contribution in [1.82, 2.24) is 9.21 Å². The van der Waals surface area contributed by atoms with Gasteiger partial charge >= 0.3 is 0 Å². The second kappa shape index (κ2) is 8.64. The smallest absolute Gasteiger partial charge is 0.243 e. The van der Waals surface area contributed by atoms with E-state index in [1.807, 2.05) is 30.3 Å². The van der Waals surface area contributed by atoms with Crippen LogP contribution >= 0.6 is 0 Å². The molecule has 0 atom stereocenters. The van der Waals surface area contributed by atoms with Crippen LogP contribution in [0.15, 0.2) is 59.5 Å². The Morgan fingerprint density at radius 3 is 2.19 bits per heavy atom. The number of benzene rings is 2. The molecule has 1 saturated heterocycles. The van der Waals surface area contributed by atoms with Gasteiger partial charge in [0.15, 0.2) is 0 Å². The zero-order valence-corrected chi connectivity index (χ0v) is 15.4. The topological polar surface area (TPSA) is 70.1 Å². The van der Waals surface area contributed by atoms with E-state index in [-0.39, 0.29) is 13.2 Å².